The minimum absolute atomic E-state index is 0.0800. The summed E-state index contributed by atoms with van der Waals surface area (Å²) in [6.45, 7) is 2.64. The van der Waals surface area contributed by atoms with E-state index in [1.54, 1.807) is 25.1 Å². The molecule has 1 aliphatic heterocycles. The highest BCUT2D eigenvalue weighted by Gasteiger charge is 2.21. The number of piperidine rings is 1. The predicted molar refractivity (Wildman–Crippen MR) is 84.6 cm³/mol. The van der Waals surface area contributed by atoms with Crippen molar-refractivity contribution in [2.24, 2.45) is 0 Å². The summed E-state index contributed by atoms with van der Waals surface area (Å²) < 4.78 is 0. The predicted octanol–water partition coefficient (Wildman–Crippen LogP) is 2.77. The van der Waals surface area contributed by atoms with Crippen molar-refractivity contribution in [3.8, 4) is 0 Å². The molecule has 0 unspecified atom stereocenters. The van der Waals surface area contributed by atoms with Gasteiger partial charge in [-0.05, 0) is 37.6 Å². The fourth-order valence-electron chi connectivity index (χ4n) is 2.24. The zero-order chi connectivity index (χ0) is 15.2. The number of rotatable bonds is 4. The van der Waals surface area contributed by atoms with Crippen LogP contribution in [0.25, 0.3) is 0 Å². The maximum Gasteiger partial charge on any atom is 0.241 e. The minimum atomic E-state index is -0.177. The van der Waals surface area contributed by atoms with Crippen LogP contribution in [0.2, 0.25) is 5.02 Å². The SMILES string of the molecule is CCC(=O)Nc1ccc(Cl)c(NC(=O)[C@H]2CCCCN2)c1. The Hall–Kier alpha value is -1.59. The molecule has 0 aliphatic carbocycles. The normalized spacial score (nSPS) is 18.1. The smallest absolute Gasteiger partial charge is 0.241 e. The van der Waals surface area contributed by atoms with Crippen molar-refractivity contribution < 1.29 is 9.59 Å². The van der Waals surface area contributed by atoms with Crippen LogP contribution < -0.4 is 16.0 Å². The zero-order valence-electron chi connectivity index (χ0n) is 12.0. The van der Waals surface area contributed by atoms with E-state index in [0.717, 1.165) is 25.8 Å². The van der Waals surface area contributed by atoms with Crippen LogP contribution in [0.1, 0.15) is 32.6 Å². The second-order valence-electron chi connectivity index (χ2n) is 5.09. The highest BCUT2D eigenvalue weighted by Crippen LogP contribution is 2.26. The molecule has 114 valence electrons. The number of benzene rings is 1. The lowest BCUT2D eigenvalue weighted by Crippen LogP contribution is -2.43. The highest BCUT2D eigenvalue weighted by atomic mass is 35.5. The molecule has 0 spiro atoms. The lowest BCUT2D eigenvalue weighted by atomic mass is 10.0. The Labute approximate surface area is 129 Å². The van der Waals surface area contributed by atoms with Gasteiger partial charge in [-0.15, -0.1) is 0 Å². The van der Waals surface area contributed by atoms with Crippen molar-refractivity contribution in [3.05, 3.63) is 23.2 Å². The van der Waals surface area contributed by atoms with Crippen molar-refractivity contribution in [3.63, 3.8) is 0 Å². The van der Waals surface area contributed by atoms with Gasteiger partial charge in [-0.25, -0.2) is 0 Å². The van der Waals surface area contributed by atoms with Crippen LogP contribution in [0.5, 0.6) is 0 Å². The quantitative estimate of drug-likeness (QED) is 0.801. The summed E-state index contributed by atoms with van der Waals surface area (Å²) in [5, 5.41) is 9.22. The fourth-order valence-corrected chi connectivity index (χ4v) is 2.41. The van der Waals surface area contributed by atoms with E-state index in [-0.39, 0.29) is 17.9 Å². The molecule has 1 aromatic rings. The fraction of sp³-hybridized carbons (Fsp3) is 0.467. The summed E-state index contributed by atoms with van der Waals surface area (Å²) in [5.41, 5.74) is 1.14. The minimum Gasteiger partial charge on any atom is -0.326 e. The van der Waals surface area contributed by atoms with Crippen molar-refractivity contribution in [2.75, 3.05) is 17.2 Å². The molecule has 3 N–H and O–H groups in total. The third-order valence-electron chi connectivity index (χ3n) is 3.46. The molecular formula is C15H20ClN3O2. The second-order valence-corrected chi connectivity index (χ2v) is 5.50. The van der Waals surface area contributed by atoms with Gasteiger partial charge in [0.1, 0.15) is 0 Å². The molecule has 2 amide bonds. The molecule has 0 saturated carbocycles. The van der Waals surface area contributed by atoms with E-state index in [2.05, 4.69) is 16.0 Å². The van der Waals surface area contributed by atoms with Crippen LogP contribution in [-0.4, -0.2) is 24.4 Å². The molecule has 1 saturated heterocycles. The molecule has 6 heteroatoms. The lowest BCUT2D eigenvalue weighted by molar-refractivity contribution is -0.118. The summed E-state index contributed by atoms with van der Waals surface area (Å²) in [6, 6.07) is 4.88. The Morgan fingerprint density at radius 1 is 1.33 bits per heavy atom. The van der Waals surface area contributed by atoms with E-state index in [0.29, 0.717) is 22.8 Å². The Balaban J connectivity index is 2.05. The maximum absolute atomic E-state index is 12.2. The van der Waals surface area contributed by atoms with E-state index in [1.165, 1.54) is 0 Å². The third-order valence-corrected chi connectivity index (χ3v) is 3.79. The lowest BCUT2D eigenvalue weighted by Gasteiger charge is -2.22. The van der Waals surface area contributed by atoms with E-state index in [9.17, 15) is 9.59 Å². The molecule has 0 bridgehead atoms. The van der Waals surface area contributed by atoms with Gasteiger partial charge in [0.05, 0.1) is 16.8 Å². The molecule has 1 aliphatic rings. The van der Waals surface area contributed by atoms with Crippen molar-refractivity contribution in [1.29, 1.82) is 0 Å². The number of hydrogen-bond donors (Lipinski definition) is 3. The summed E-state index contributed by atoms with van der Waals surface area (Å²) in [5.74, 6) is -0.167. The second kappa shape index (κ2) is 7.43. The molecule has 2 rings (SSSR count). The van der Waals surface area contributed by atoms with E-state index in [1.807, 2.05) is 0 Å². The van der Waals surface area contributed by atoms with Crippen LogP contribution in [0.3, 0.4) is 0 Å². The highest BCUT2D eigenvalue weighted by molar-refractivity contribution is 6.34. The number of carbonyl (C=O) groups is 2. The molecule has 1 fully saturated rings. The molecule has 0 radical (unpaired) electrons. The van der Waals surface area contributed by atoms with Crippen LogP contribution in [0.15, 0.2) is 18.2 Å². The van der Waals surface area contributed by atoms with Crippen LogP contribution in [-0.2, 0) is 9.59 Å². The van der Waals surface area contributed by atoms with Crippen molar-refractivity contribution >= 4 is 34.8 Å². The Bertz CT molecular complexity index is 528. The molecule has 21 heavy (non-hydrogen) atoms. The summed E-state index contributed by atoms with van der Waals surface area (Å²) >= 11 is 6.10. The average molecular weight is 310 g/mol. The molecule has 1 aromatic carbocycles. The summed E-state index contributed by atoms with van der Waals surface area (Å²) in [6.07, 6.45) is 3.38. The largest absolute Gasteiger partial charge is 0.326 e. The first kappa shape index (κ1) is 15.8. The third kappa shape index (κ3) is 4.44. The molecule has 1 heterocycles. The van der Waals surface area contributed by atoms with Gasteiger partial charge in [0, 0.05) is 12.1 Å². The van der Waals surface area contributed by atoms with Gasteiger partial charge in [-0.2, -0.15) is 0 Å². The van der Waals surface area contributed by atoms with Gasteiger partial charge in [0.15, 0.2) is 0 Å². The Morgan fingerprint density at radius 3 is 2.81 bits per heavy atom. The van der Waals surface area contributed by atoms with Crippen LogP contribution in [0.4, 0.5) is 11.4 Å². The van der Waals surface area contributed by atoms with Gasteiger partial charge < -0.3 is 16.0 Å². The maximum atomic E-state index is 12.2. The number of carbonyl (C=O) groups excluding carboxylic acids is 2. The summed E-state index contributed by atoms with van der Waals surface area (Å²) in [7, 11) is 0. The number of nitrogens with one attached hydrogen (secondary N) is 3. The number of halogens is 1. The molecule has 1 atom stereocenters. The Morgan fingerprint density at radius 2 is 2.14 bits per heavy atom. The number of amides is 2. The van der Waals surface area contributed by atoms with Gasteiger partial charge in [-0.1, -0.05) is 24.9 Å². The molecule has 0 aromatic heterocycles. The first-order chi connectivity index (χ1) is 10.1. The molecular weight excluding hydrogens is 290 g/mol. The monoisotopic (exact) mass is 309 g/mol. The van der Waals surface area contributed by atoms with Gasteiger partial charge in [-0.3, -0.25) is 9.59 Å². The number of hydrogen-bond acceptors (Lipinski definition) is 3. The van der Waals surface area contributed by atoms with Crippen molar-refractivity contribution in [2.45, 2.75) is 38.6 Å². The topological polar surface area (TPSA) is 70.2 Å². The van der Waals surface area contributed by atoms with E-state index < -0.39 is 0 Å². The van der Waals surface area contributed by atoms with Gasteiger partial charge in [0.25, 0.3) is 0 Å². The summed E-state index contributed by atoms with van der Waals surface area (Å²) in [4.78, 5) is 23.6. The van der Waals surface area contributed by atoms with Crippen LogP contribution >= 0.6 is 11.6 Å². The van der Waals surface area contributed by atoms with Crippen LogP contribution in [0, 0.1) is 0 Å². The standard InChI is InChI=1S/C15H20ClN3O2/c1-2-14(20)18-10-6-7-11(16)13(9-10)19-15(21)12-5-3-4-8-17-12/h6-7,9,12,17H,2-5,8H2,1H3,(H,18,20)(H,19,21)/t12-/m1/s1. The Kier molecular flexibility index (Phi) is 5.59. The zero-order valence-corrected chi connectivity index (χ0v) is 12.8. The molecule has 5 nitrogen and oxygen atoms in total. The number of anilines is 2. The first-order valence-corrected chi connectivity index (χ1v) is 7.61. The first-order valence-electron chi connectivity index (χ1n) is 7.24. The van der Waals surface area contributed by atoms with Gasteiger partial charge in [0.2, 0.25) is 11.8 Å². The van der Waals surface area contributed by atoms with E-state index in [4.69, 9.17) is 11.6 Å². The van der Waals surface area contributed by atoms with Crippen molar-refractivity contribution in [1.82, 2.24) is 5.32 Å². The average Bonchev–Trinajstić information content (AvgIpc) is 2.51. The van der Waals surface area contributed by atoms with Gasteiger partial charge >= 0.3 is 0 Å². The van der Waals surface area contributed by atoms with E-state index >= 15 is 0 Å².